The van der Waals surface area contributed by atoms with E-state index in [2.05, 4.69) is 15.4 Å². The molecule has 84 valence electrons. The zero-order valence-electron chi connectivity index (χ0n) is 8.99. The van der Waals surface area contributed by atoms with Gasteiger partial charge in [-0.15, -0.1) is 0 Å². The number of alkyl halides is 1. The van der Waals surface area contributed by atoms with E-state index in [4.69, 9.17) is 0 Å². The first kappa shape index (κ1) is 10.5. The van der Waals surface area contributed by atoms with Crippen molar-refractivity contribution in [3.63, 3.8) is 0 Å². The van der Waals surface area contributed by atoms with Crippen LogP contribution in [0.25, 0.3) is 0 Å². The van der Waals surface area contributed by atoms with Crippen LogP contribution in [0.5, 0.6) is 0 Å². The number of halogens is 1. The molecule has 4 nitrogen and oxygen atoms in total. The van der Waals surface area contributed by atoms with E-state index in [0.29, 0.717) is 6.42 Å². The maximum Gasteiger partial charge on any atom is 0.138 e. The molecule has 0 bridgehead atoms. The van der Waals surface area contributed by atoms with E-state index in [-0.39, 0.29) is 6.04 Å². The average molecular weight is 212 g/mol. The summed E-state index contributed by atoms with van der Waals surface area (Å²) in [5.74, 6) is 0.749. The minimum atomic E-state index is -0.845. The number of aryl methyl sites for hydroxylation is 1. The van der Waals surface area contributed by atoms with Gasteiger partial charge >= 0.3 is 0 Å². The summed E-state index contributed by atoms with van der Waals surface area (Å²) in [5.41, 5.74) is 0. The van der Waals surface area contributed by atoms with E-state index in [1.165, 1.54) is 6.33 Å². The number of rotatable bonds is 4. The van der Waals surface area contributed by atoms with E-state index in [0.717, 1.165) is 31.8 Å². The maximum absolute atomic E-state index is 13.8. The van der Waals surface area contributed by atoms with Gasteiger partial charge in [-0.3, -0.25) is 4.68 Å². The zero-order chi connectivity index (χ0) is 10.7. The Morgan fingerprint density at radius 3 is 3.27 bits per heavy atom. The van der Waals surface area contributed by atoms with Crippen LogP contribution in [-0.2, 0) is 13.0 Å². The fourth-order valence-corrected chi connectivity index (χ4v) is 2.05. The van der Waals surface area contributed by atoms with Gasteiger partial charge in [0.1, 0.15) is 18.3 Å². The van der Waals surface area contributed by atoms with Crippen LogP contribution in [0, 0.1) is 0 Å². The first-order valence-corrected chi connectivity index (χ1v) is 5.55. The summed E-state index contributed by atoms with van der Waals surface area (Å²) in [5, 5.41) is 7.21. The summed E-state index contributed by atoms with van der Waals surface area (Å²) in [4.78, 5) is 4.08. The van der Waals surface area contributed by atoms with E-state index >= 15 is 0 Å². The molecule has 1 N–H and O–H groups in total. The van der Waals surface area contributed by atoms with Gasteiger partial charge in [0, 0.05) is 19.0 Å². The molecule has 2 rings (SSSR count). The number of hydrogen-bond donors (Lipinski definition) is 1. The fourth-order valence-electron chi connectivity index (χ4n) is 2.05. The summed E-state index contributed by atoms with van der Waals surface area (Å²) in [6, 6.07) is 0.00649. The third-order valence-electron chi connectivity index (χ3n) is 2.91. The minimum Gasteiger partial charge on any atom is -0.311 e. The fraction of sp³-hybridized carbons (Fsp3) is 0.800. The van der Waals surface area contributed by atoms with Crippen LogP contribution in [0.2, 0.25) is 0 Å². The molecule has 2 atom stereocenters. The summed E-state index contributed by atoms with van der Waals surface area (Å²) in [6.07, 6.45) is 3.02. The van der Waals surface area contributed by atoms with Gasteiger partial charge in [-0.05, 0) is 26.3 Å². The predicted molar refractivity (Wildman–Crippen MR) is 55.3 cm³/mol. The Morgan fingerprint density at radius 1 is 1.73 bits per heavy atom. The van der Waals surface area contributed by atoms with Gasteiger partial charge in [-0.25, -0.2) is 9.37 Å². The first-order valence-electron chi connectivity index (χ1n) is 5.55. The Labute approximate surface area is 88.9 Å². The van der Waals surface area contributed by atoms with Gasteiger partial charge in [0.2, 0.25) is 0 Å². The molecule has 0 radical (unpaired) electrons. The number of nitrogens with one attached hydrogen (secondary N) is 1. The van der Waals surface area contributed by atoms with Crippen molar-refractivity contribution in [2.24, 2.45) is 0 Å². The lowest BCUT2D eigenvalue weighted by Crippen LogP contribution is -2.33. The minimum absolute atomic E-state index is 0.00649. The van der Waals surface area contributed by atoms with Crippen molar-refractivity contribution in [3.05, 3.63) is 12.2 Å². The van der Waals surface area contributed by atoms with Crippen LogP contribution in [-0.4, -0.2) is 33.5 Å². The largest absolute Gasteiger partial charge is 0.311 e. The van der Waals surface area contributed by atoms with E-state index in [1.807, 2.05) is 6.92 Å². The molecule has 2 unspecified atom stereocenters. The zero-order valence-corrected chi connectivity index (χ0v) is 8.99. The molecular formula is C10H17FN4. The lowest BCUT2D eigenvalue weighted by Gasteiger charge is -2.15. The molecule has 0 amide bonds. The van der Waals surface area contributed by atoms with Crippen LogP contribution in [0.15, 0.2) is 6.33 Å². The highest BCUT2D eigenvalue weighted by Crippen LogP contribution is 2.15. The second kappa shape index (κ2) is 4.70. The van der Waals surface area contributed by atoms with Crippen molar-refractivity contribution in [2.45, 2.75) is 44.9 Å². The summed E-state index contributed by atoms with van der Waals surface area (Å²) in [7, 11) is 0. The molecule has 1 aliphatic heterocycles. The van der Waals surface area contributed by atoms with Crippen molar-refractivity contribution < 1.29 is 4.39 Å². The van der Waals surface area contributed by atoms with Crippen LogP contribution in [0.1, 0.15) is 25.6 Å². The topological polar surface area (TPSA) is 42.7 Å². The highest BCUT2D eigenvalue weighted by molar-refractivity contribution is 4.92. The van der Waals surface area contributed by atoms with Crippen molar-refractivity contribution in [2.75, 3.05) is 6.54 Å². The van der Waals surface area contributed by atoms with Crippen LogP contribution < -0.4 is 5.32 Å². The van der Waals surface area contributed by atoms with Gasteiger partial charge in [0.15, 0.2) is 0 Å². The normalized spacial score (nSPS) is 23.2. The standard InChI is InChI=1S/C10H17FN4/c1-2-15-10(13-7-14-15)6-8(11)9-4-3-5-12-9/h7-9,12H,2-6H2,1H3. The molecular weight excluding hydrogens is 195 g/mol. The van der Waals surface area contributed by atoms with E-state index in [1.54, 1.807) is 4.68 Å². The Kier molecular flexibility index (Phi) is 3.30. The molecule has 1 fully saturated rings. The second-order valence-corrected chi connectivity index (χ2v) is 3.91. The van der Waals surface area contributed by atoms with Gasteiger partial charge in [-0.2, -0.15) is 5.10 Å². The molecule has 0 aromatic carbocycles. The molecule has 1 aromatic rings. The predicted octanol–water partition coefficient (Wildman–Crippen LogP) is 0.931. The molecule has 0 aliphatic carbocycles. The quantitative estimate of drug-likeness (QED) is 0.807. The third-order valence-corrected chi connectivity index (χ3v) is 2.91. The highest BCUT2D eigenvalue weighted by atomic mass is 19.1. The van der Waals surface area contributed by atoms with E-state index in [9.17, 15) is 4.39 Å². The molecule has 0 spiro atoms. The number of nitrogens with zero attached hydrogens (tertiary/aromatic N) is 3. The smallest absolute Gasteiger partial charge is 0.138 e. The third kappa shape index (κ3) is 2.34. The van der Waals surface area contributed by atoms with Crippen molar-refractivity contribution in [1.29, 1.82) is 0 Å². The van der Waals surface area contributed by atoms with Crippen molar-refractivity contribution in [3.8, 4) is 0 Å². The van der Waals surface area contributed by atoms with Gasteiger partial charge in [0.05, 0.1) is 0 Å². The van der Waals surface area contributed by atoms with Gasteiger partial charge in [-0.1, -0.05) is 0 Å². The van der Waals surface area contributed by atoms with Gasteiger partial charge < -0.3 is 5.32 Å². The highest BCUT2D eigenvalue weighted by Gasteiger charge is 2.25. The Bertz CT molecular complexity index is 306. The Balaban J connectivity index is 1.95. The summed E-state index contributed by atoms with van der Waals surface area (Å²) in [6.45, 7) is 3.67. The molecule has 1 saturated heterocycles. The van der Waals surface area contributed by atoms with Crippen molar-refractivity contribution in [1.82, 2.24) is 20.1 Å². The second-order valence-electron chi connectivity index (χ2n) is 3.91. The molecule has 1 aromatic heterocycles. The lowest BCUT2D eigenvalue weighted by atomic mass is 10.1. The SMILES string of the molecule is CCn1ncnc1CC(F)C1CCCN1. The Morgan fingerprint density at radius 2 is 2.60 bits per heavy atom. The average Bonchev–Trinajstić information content (AvgIpc) is 2.87. The molecule has 2 heterocycles. The number of hydrogen-bond acceptors (Lipinski definition) is 3. The van der Waals surface area contributed by atoms with E-state index < -0.39 is 6.17 Å². The summed E-state index contributed by atoms with van der Waals surface area (Å²) >= 11 is 0. The van der Waals surface area contributed by atoms with Gasteiger partial charge in [0.25, 0.3) is 0 Å². The van der Waals surface area contributed by atoms with Crippen LogP contribution >= 0.6 is 0 Å². The summed E-state index contributed by atoms with van der Waals surface area (Å²) < 4.78 is 15.6. The van der Waals surface area contributed by atoms with Crippen LogP contribution in [0.3, 0.4) is 0 Å². The molecule has 15 heavy (non-hydrogen) atoms. The monoisotopic (exact) mass is 212 g/mol. The molecule has 0 saturated carbocycles. The lowest BCUT2D eigenvalue weighted by molar-refractivity contribution is 0.257. The first-order chi connectivity index (χ1) is 7.31. The molecule has 1 aliphatic rings. The molecule has 5 heteroatoms. The number of aromatic nitrogens is 3. The van der Waals surface area contributed by atoms with Crippen LogP contribution in [0.4, 0.5) is 4.39 Å². The Hall–Kier alpha value is -0.970. The maximum atomic E-state index is 13.8. The van der Waals surface area contributed by atoms with Crippen molar-refractivity contribution >= 4 is 0 Å².